The lowest BCUT2D eigenvalue weighted by molar-refractivity contribution is -0.383. The summed E-state index contributed by atoms with van der Waals surface area (Å²) >= 11 is 0. The van der Waals surface area contributed by atoms with Crippen molar-refractivity contribution in [2.45, 2.75) is 103 Å². The van der Waals surface area contributed by atoms with E-state index >= 15 is 0 Å². The van der Waals surface area contributed by atoms with Crippen molar-refractivity contribution in [3.8, 4) is 0 Å². The van der Waals surface area contributed by atoms with Gasteiger partial charge in [0.15, 0.2) is 12.6 Å². The van der Waals surface area contributed by atoms with Gasteiger partial charge in [-0.3, -0.25) is 0 Å². The van der Waals surface area contributed by atoms with Crippen molar-refractivity contribution >= 4 is 6.29 Å². The monoisotopic (exact) mass is 702 g/mol. The number of rotatable bonds is 12. The first-order valence-electron chi connectivity index (χ1n) is 13.9. The fourth-order valence-corrected chi connectivity index (χ4v) is 4.40. The number of ether oxygens (including phenoxy) is 4. The molecule has 3 heterocycles. The average molecular weight is 703 g/mol. The van der Waals surface area contributed by atoms with Gasteiger partial charge in [0.2, 0.25) is 11.6 Å². The van der Waals surface area contributed by atoms with Gasteiger partial charge in [0.25, 0.3) is 0 Å². The second-order valence-corrected chi connectivity index (χ2v) is 10.7. The highest BCUT2D eigenvalue weighted by atomic mass is 16.8. The van der Waals surface area contributed by atoms with Gasteiger partial charge < -0.3 is 116 Å². The fraction of sp³-hybridized carbons (Fsp3) is 0.958. The lowest BCUT2D eigenvalue weighted by Gasteiger charge is -2.43. The molecule has 0 amide bonds. The minimum Gasteiger partial charge on any atom is -0.394 e. The summed E-state index contributed by atoms with van der Waals surface area (Å²) in [6, 6.07) is 0. The van der Waals surface area contributed by atoms with E-state index in [-0.39, 0.29) is 6.29 Å². The Bertz CT molecular complexity index is 901. The van der Waals surface area contributed by atoms with Crippen LogP contribution < -0.4 is 0 Å². The number of hydrogen-bond acceptors (Lipinski definition) is 23. The molecule has 0 unspecified atom stereocenters. The number of aliphatic hydroxyl groups excluding tert-OH is 17. The van der Waals surface area contributed by atoms with Gasteiger partial charge in [-0.15, -0.1) is 0 Å². The largest absolute Gasteiger partial charge is 0.394 e. The van der Waals surface area contributed by atoms with E-state index in [0.29, 0.717) is 0 Å². The molecule has 3 aliphatic rings. The molecule has 0 aromatic heterocycles. The smallest absolute Gasteiger partial charge is 0.224 e. The highest BCUT2D eigenvalue weighted by Gasteiger charge is 2.58. The minimum atomic E-state index is -2.22. The normalized spacial score (nSPS) is 42.7. The Morgan fingerprint density at radius 2 is 1.15 bits per heavy atom. The molecule has 3 aliphatic heterocycles. The van der Waals surface area contributed by atoms with E-state index in [1.807, 2.05) is 0 Å². The van der Waals surface area contributed by atoms with Crippen LogP contribution in [0, 0.1) is 0 Å². The molecule has 47 heavy (non-hydrogen) atoms. The van der Waals surface area contributed by atoms with Gasteiger partial charge in [0.05, 0.1) is 33.0 Å². The molecule has 0 aromatic carbocycles. The molecule has 23 heteroatoms. The third-order valence-electron chi connectivity index (χ3n) is 7.42. The molecule has 0 saturated carbocycles. The Morgan fingerprint density at radius 1 is 0.638 bits per heavy atom. The van der Waals surface area contributed by atoms with Gasteiger partial charge in [-0.25, -0.2) is 0 Å². The molecule has 0 spiro atoms. The SMILES string of the molecule is O=C[C@H](O)[C@@H](O)[C@H](O)[C@H](O)CO.OC[C@H]1O[C@@](CO)(O[C@H]2O[C@H](CO)[C@@H](O)[C@H](O)[C@H]2O)[C@@H](O)[C@@H]1O.OC[C@H]1O[C@](O)(CO)[C@@H](O)[C@@H]1O. The van der Waals surface area contributed by atoms with Crippen molar-refractivity contribution in [2.75, 3.05) is 39.6 Å². The van der Waals surface area contributed by atoms with Crippen LogP contribution in [0.25, 0.3) is 0 Å². The molecule has 0 bridgehead atoms. The average Bonchev–Trinajstić information content (AvgIpc) is 3.47. The van der Waals surface area contributed by atoms with Crippen LogP contribution in [0.2, 0.25) is 0 Å². The first-order valence-corrected chi connectivity index (χ1v) is 13.9. The predicted molar refractivity (Wildman–Crippen MR) is 142 cm³/mol. The zero-order chi connectivity index (χ0) is 36.4. The van der Waals surface area contributed by atoms with Crippen molar-refractivity contribution in [1.82, 2.24) is 0 Å². The van der Waals surface area contributed by atoms with Gasteiger partial charge in [-0.2, -0.15) is 0 Å². The summed E-state index contributed by atoms with van der Waals surface area (Å²) in [6.07, 6.45) is -23.5. The van der Waals surface area contributed by atoms with Crippen LogP contribution in [-0.4, -0.2) is 241 Å². The van der Waals surface area contributed by atoms with E-state index in [1.165, 1.54) is 0 Å². The minimum absolute atomic E-state index is 0.0258. The molecule has 3 rings (SSSR count). The van der Waals surface area contributed by atoms with Crippen molar-refractivity contribution in [2.24, 2.45) is 0 Å². The quantitative estimate of drug-likeness (QED) is 0.0839. The lowest BCUT2D eigenvalue weighted by Crippen LogP contribution is -2.62. The van der Waals surface area contributed by atoms with Crippen LogP contribution in [-0.2, 0) is 23.7 Å². The Morgan fingerprint density at radius 3 is 1.53 bits per heavy atom. The van der Waals surface area contributed by atoms with Crippen LogP contribution in [0.4, 0.5) is 0 Å². The zero-order valence-electron chi connectivity index (χ0n) is 24.6. The van der Waals surface area contributed by atoms with Gasteiger partial charge in [0.1, 0.15) is 92.1 Å². The van der Waals surface area contributed by atoms with E-state index < -0.39 is 143 Å². The number of aliphatic hydroxyl groups is 18. The summed E-state index contributed by atoms with van der Waals surface area (Å²) in [6.45, 7) is -4.44. The molecule has 23 nitrogen and oxygen atoms in total. The van der Waals surface area contributed by atoms with E-state index in [0.717, 1.165) is 0 Å². The van der Waals surface area contributed by atoms with Crippen LogP contribution in [0.1, 0.15) is 0 Å². The molecule has 3 fully saturated rings. The van der Waals surface area contributed by atoms with Crippen LogP contribution in [0.5, 0.6) is 0 Å². The Labute approximate surface area is 265 Å². The summed E-state index contributed by atoms with van der Waals surface area (Å²) in [4.78, 5) is 9.90. The molecule has 0 aliphatic carbocycles. The van der Waals surface area contributed by atoms with Crippen LogP contribution >= 0.6 is 0 Å². The number of hydrogen-bond donors (Lipinski definition) is 18. The number of carbonyl (C=O) groups excluding carboxylic acids is 1. The zero-order valence-corrected chi connectivity index (χ0v) is 24.6. The highest BCUT2D eigenvalue weighted by molar-refractivity contribution is 5.56. The fourth-order valence-electron chi connectivity index (χ4n) is 4.40. The maximum Gasteiger partial charge on any atom is 0.224 e. The van der Waals surface area contributed by atoms with E-state index in [9.17, 15) is 40.5 Å². The first-order chi connectivity index (χ1) is 21.9. The van der Waals surface area contributed by atoms with E-state index in [1.54, 1.807) is 0 Å². The Hall–Kier alpha value is -1.21. The summed E-state index contributed by atoms with van der Waals surface area (Å²) in [5.41, 5.74) is 0. The van der Waals surface area contributed by atoms with Crippen LogP contribution in [0.3, 0.4) is 0 Å². The summed E-state index contributed by atoms with van der Waals surface area (Å²) in [7, 11) is 0. The van der Waals surface area contributed by atoms with Crippen molar-refractivity contribution in [3.63, 3.8) is 0 Å². The maximum atomic E-state index is 10.00. The molecule has 17 atom stereocenters. The number of aldehydes is 1. The molecule has 0 aromatic rings. The first kappa shape index (κ1) is 43.8. The van der Waals surface area contributed by atoms with E-state index in [4.69, 9.17) is 70.4 Å². The van der Waals surface area contributed by atoms with Crippen molar-refractivity contribution in [1.29, 1.82) is 0 Å². The second-order valence-electron chi connectivity index (χ2n) is 10.7. The molecule has 280 valence electrons. The molecule has 0 radical (unpaired) electrons. The highest BCUT2D eigenvalue weighted by Crippen LogP contribution is 2.36. The van der Waals surface area contributed by atoms with Crippen molar-refractivity contribution in [3.05, 3.63) is 0 Å². The predicted octanol–water partition coefficient (Wildman–Crippen LogP) is -12.0. The molecule has 3 saturated heterocycles. The molecule has 18 N–H and O–H groups in total. The second kappa shape index (κ2) is 19.3. The van der Waals surface area contributed by atoms with Gasteiger partial charge >= 0.3 is 0 Å². The molecular formula is C24H46O23. The standard InChI is InChI=1S/C12H22O11.2C6H12O6/c13-1-4-6(16)8(18)9(19)11(21-4)23-12(3-15)10(20)7(17)5(2-14)22-12;7-1-3-4(9)5(10)6(11,2-8)12-3;7-1-3(9)5(11)6(12)4(10)2-8/h4-11,13-20H,1-3H2;3-5,7-11H,1-2H2;1,3-6,8-12H,2H2/t4-,5-,6-,7-,8+,9-,10+,11-,12+;3-,4-,5+,6-;3-,4+,5+,6+/m110/s1. The Kier molecular flexibility index (Phi) is 17.9. The summed E-state index contributed by atoms with van der Waals surface area (Å²) in [5.74, 6) is -4.38. The number of carbonyl (C=O) groups is 1. The maximum absolute atomic E-state index is 10.00. The Balaban J connectivity index is 0.000000389. The third kappa shape index (κ3) is 10.2. The third-order valence-corrected chi connectivity index (χ3v) is 7.42. The summed E-state index contributed by atoms with van der Waals surface area (Å²) < 4.78 is 20.1. The van der Waals surface area contributed by atoms with Crippen LogP contribution in [0.15, 0.2) is 0 Å². The van der Waals surface area contributed by atoms with E-state index in [2.05, 4.69) is 4.74 Å². The molecular weight excluding hydrogens is 656 g/mol. The van der Waals surface area contributed by atoms with Crippen molar-refractivity contribution < 1.29 is 116 Å². The summed E-state index contributed by atoms with van der Waals surface area (Å²) in [5, 5.41) is 165. The van der Waals surface area contributed by atoms with Gasteiger partial charge in [0, 0.05) is 0 Å². The van der Waals surface area contributed by atoms with Gasteiger partial charge in [-0.05, 0) is 0 Å². The van der Waals surface area contributed by atoms with Gasteiger partial charge in [-0.1, -0.05) is 0 Å². The lowest BCUT2D eigenvalue weighted by atomic mass is 9.99. The topological polar surface area (TPSA) is 418 Å².